The van der Waals surface area contributed by atoms with Gasteiger partial charge in [-0.2, -0.15) is 0 Å². The van der Waals surface area contributed by atoms with Crippen molar-refractivity contribution in [2.75, 3.05) is 7.11 Å². The van der Waals surface area contributed by atoms with E-state index in [9.17, 15) is 4.79 Å². The first kappa shape index (κ1) is 16.0. The van der Waals surface area contributed by atoms with E-state index in [1.54, 1.807) is 18.4 Å². The molecule has 0 radical (unpaired) electrons. The summed E-state index contributed by atoms with van der Waals surface area (Å²) in [6.45, 7) is 0.596. The van der Waals surface area contributed by atoms with Crippen molar-refractivity contribution in [1.82, 2.24) is 5.32 Å². The van der Waals surface area contributed by atoms with Crippen molar-refractivity contribution in [3.05, 3.63) is 50.6 Å². The number of methoxy groups -OCH3 is 1. The largest absolute Gasteiger partial charge is 0.496 e. The van der Waals surface area contributed by atoms with Crippen molar-refractivity contribution in [3.63, 3.8) is 0 Å². The Hall–Kier alpha value is -1.37. The average molecular weight is 370 g/mol. The fourth-order valence-electron chi connectivity index (χ4n) is 2.00. The van der Waals surface area contributed by atoms with Gasteiger partial charge in [0.2, 0.25) is 0 Å². The molecule has 0 saturated heterocycles. The Morgan fingerprint density at radius 2 is 2.29 bits per heavy atom. The number of carboxylic acid groups (broad SMARTS) is 1. The van der Waals surface area contributed by atoms with E-state index in [-0.39, 0.29) is 12.5 Å². The van der Waals surface area contributed by atoms with Gasteiger partial charge >= 0.3 is 5.97 Å². The smallest absolute Gasteiger partial charge is 0.305 e. The standard InChI is InChI=1S/C15H16BrNO3S/c1-20-13-5-4-10(7-11(13)16)9-17-12(8-15(18)19)14-3-2-6-21-14/h2-7,12,17H,8-9H2,1H3,(H,18,19). The van der Waals surface area contributed by atoms with Gasteiger partial charge in [0, 0.05) is 11.4 Å². The summed E-state index contributed by atoms with van der Waals surface area (Å²) in [7, 11) is 1.62. The molecule has 21 heavy (non-hydrogen) atoms. The monoisotopic (exact) mass is 369 g/mol. The molecule has 0 bridgehead atoms. The Labute approximate surface area is 135 Å². The summed E-state index contributed by atoms with van der Waals surface area (Å²) in [5.74, 6) is -0.0316. The molecule has 112 valence electrons. The SMILES string of the molecule is COc1ccc(CNC(CC(=O)O)c2cccs2)cc1Br. The topological polar surface area (TPSA) is 58.6 Å². The zero-order valence-corrected chi connectivity index (χ0v) is 13.9. The fraction of sp³-hybridized carbons (Fsp3) is 0.267. The number of halogens is 1. The molecular weight excluding hydrogens is 354 g/mol. The van der Waals surface area contributed by atoms with Crippen LogP contribution in [0.2, 0.25) is 0 Å². The maximum atomic E-state index is 11.0. The zero-order chi connectivity index (χ0) is 15.2. The van der Waals surface area contributed by atoms with E-state index in [4.69, 9.17) is 9.84 Å². The Bertz CT molecular complexity index is 601. The van der Waals surface area contributed by atoms with Crippen LogP contribution in [0, 0.1) is 0 Å². The van der Waals surface area contributed by atoms with E-state index >= 15 is 0 Å². The first-order valence-electron chi connectivity index (χ1n) is 6.41. The fourth-order valence-corrected chi connectivity index (χ4v) is 3.39. The Morgan fingerprint density at radius 1 is 1.48 bits per heavy atom. The lowest BCUT2D eigenvalue weighted by atomic mass is 10.1. The molecule has 1 aromatic heterocycles. The van der Waals surface area contributed by atoms with E-state index in [1.807, 2.05) is 35.7 Å². The van der Waals surface area contributed by atoms with E-state index in [0.29, 0.717) is 6.54 Å². The minimum Gasteiger partial charge on any atom is -0.496 e. The van der Waals surface area contributed by atoms with E-state index < -0.39 is 5.97 Å². The van der Waals surface area contributed by atoms with Gasteiger partial charge in [-0.1, -0.05) is 12.1 Å². The lowest BCUT2D eigenvalue weighted by Crippen LogP contribution is -2.22. The Balaban J connectivity index is 2.04. The van der Waals surface area contributed by atoms with Gasteiger partial charge in [-0.15, -0.1) is 11.3 Å². The molecule has 2 rings (SSSR count). The zero-order valence-electron chi connectivity index (χ0n) is 11.5. The molecule has 1 unspecified atom stereocenters. The van der Waals surface area contributed by atoms with Crippen molar-refractivity contribution < 1.29 is 14.6 Å². The number of carbonyl (C=O) groups is 1. The van der Waals surface area contributed by atoms with Gasteiger partial charge in [-0.3, -0.25) is 4.79 Å². The molecule has 1 atom stereocenters. The summed E-state index contributed by atoms with van der Waals surface area (Å²) >= 11 is 5.01. The quantitative estimate of drug-likeness (QED) is 0.778. The van der Waals surface area contributed by atoms with Crippen LogP contribution >= 0.6 is 27.3 Å². The molecule has 0 amide bonds. The predicted octanol–water partition coefficient (Wildman–Crippen LogP) is 3.82. The first-order valence-corrected chi connectivity index (χ1v) is 8.08. The molecule has 0 spiro atoms. The molecule has 6 heteroatoms. The molecular formula is C15H16BrNO3S. The average Bonchev–Trinajstić information content (AvgIpc) is 2.97. The van der Waals surface area contributed by atoms with Gasteiger partial charge in [0.25, 0.3) is 0 Å². The second-order valence-electron chi connectivity index (χ2n) is 4.52. The summed E-state index contributed by atoms with van der Waals surface area (Å²) < 4.78 is 6.08. The molecule has 0 aliphatic carbocycles. The number of benzene rings is 1. The van der Waals surface area contributed by atoms with Gasteiger partial charge < -0.3 is 15.2 Å². The summed E-state index contributed by atoms with van der Waals surface area (Å²) in [6, 6.07) is 9.53. The van der Waals surface area contributed by atoms with Gasteiger partial charge in [0.1, 0.15) is 5.75 Å². The van der Waals surface area contributed by atoms with Crippen molar-refractivity contribution in [2.24, 2.45) is 0 Å². The number of thiophene rings is 1. The number of hydrogen-bond donors (Lipinski definition) is 2. The number of aliphatic carboxylic acids is 1. The van der Waals surface area contributed by atoms with Gasteiger partial charge in [0.15, 0.2) is 0 Å². The number of rotatable bonds is 7. The third-order valence-electron chi connectivity index (χ3n) is 3.03. The molecule has 2 aromatic rings. The lowest BCUT2D eigenvalue weighted by molar-refractivity contribution is -0.137. The minimum atomic E-state index is -0.809. The van der Waals surface area contributed by atoms with Crippen molar-refractivity contribution in [2.45, 2.75) is 19.0 Å². The molecule has 0 aliphatic heterocycles. The van der Waals surface area contributed by atoms with Crippen molar-refractivity contribution >= 4 is 33.2 Å². The minimum absolute atomic E-state index is 0.0673. The molecule has 1 aromatic carbocycles. The van der Waals surface area contributed by atoms with E-state index in [2.05, 4.69) is 21.2 Å². The Morgan fingerprint density at radius 3 is 2.86 bits per heavy atom. The maximum absolute atomic E-state index is 11.0. The summed E-state index contributed by atoms with van der Waals surface area (Å²) in [4.78, 5) is 12.0. The molecule has 0 fully saturated rings. The van der Waals surface area contributed by atoms with Crippen LogP contribution in [0.3, 0.4) is 0 Å². The Kier molecular flexibility index (Phi) is 5.78. The molecule has 0 aliphatic rings. The van der Waals surface area contributed by atoms with Crippen molar-refractivity contribution in [3.8, 4) is 5.75 Å². The van der Waals surface area contributed by atoms with Gasteiger partial charge in [0.05, 0.1) is 24.0 Å². The lowest BCUT2D eigenvalue weighted by Gasteiger charge is -2.16. The van der Waals surface area contributed by atoms with Crippen LogP contribution in [-0.4, -0.2) is 18.2 Å². The summed E-state index contributed by atoms with van der Waals surface area (Å²) in [5, 5.41) is 14.3. The van der Waals surface area contributed by atoms with Crippen LogP contribution in [-0.2, 0) is 11.3 Å². The molecule has 1 heterocycles. The summed E-state index contributed by atoms with van der Waals surface area (Å²) in [5.41, 5.74) is 1.06. The van der Waals surface area contributed by atoms with Crippen molar-refractivity contribution in [1.29, 1.82) is 0 Å². The highest BCUT2D eigenvalue weighted by molar-refractivity contribution is 9.10. The second-order valence-corrected chi connectivity index (χ2v) is 6.35. The normalized spacial score (nSPS) is 12.1. The van der Waals surface area contributed by atoms with Crippen LogP contribution in [0.5, 0.6) is 5.75 Å². The highest BCUT2D eigenvalue weighted by Crippen LogP contribution is 2.26. The van der Waals surface area contributed by atoms with E-state index in [1.165, 1.54) is 0 Å². The number of nitrogens with one attached hydrogen (secondary N) is 1. The highest BCUT2D eigenvalue weighted by atomic mass is 79.9. The van der Waals surface area contributed by atoms with Gasteiger partial charge in [-0.25, -0.2) is 0 Å². The molecule has 4 nitrogen and oxygen atoms in total. The van der Waals surface area contributed by atoms with Crippen LogP contribution in [0.4, 0.5) is 0 Å². The summed E-state index contributed by atoms with van der Waals surface area (Å²) in [6.07, 6.45) is 0.0673. The van der Waals surface area contributed by atoms with E-state index in [0.717, 1.165) is 20.7 Å². The number of hydrogen-bond acceptors (Lipinski definition) is 4. The highest BCUT2D eigenvalue weighted by Gasteiger charge is 2.16. The number of ether oxygens (including phenoxy) is 1. The van der Waals surface area contributed by atoms with Gasteiger partial charge in [-0.05, 0) is 45.1 Å². The number of carboxylic acids is 1. The molecule has 0 saturated carbocycles. The van der Waals surface area contributed by atoms with Crippen LogP contribution < -0.4 is 10.1 Å². The van der Waals surface area contributed by atoms with Crippen LogP contribution in [0.15, 0.2) is 40.2 Å². The maximum Gasteiger partial charge on any atom is 0.305 e. The predicted molar refractivity (Wildman–Crippen MR) is 86.8 cm³/mol. The molecule has 2 N–H and O–H groups in total. The van der Waals surface area contributed by atoms with Crippen LogP contribution in [0.25, 0.3) is 0 Å². The third-order valence-corrected chi connectivity index (χ3v) is 4.64. The second kappa shape index (κ2) is 7.59. The van der Waals surface area contributed by atoms with Crippen LogP contribution in [0.1, 0.15) is 22.9 Å². The third kappa shape index (κ3) is 4.56. The first-order chi connectivity index (χ1) is 10.1.